The lowest BCUT2D eigenvalue weighted by molar-refractivity contribution is 0.708. The minimum atomic E-state index is 0.433. The Morgan fingerprint density at radius 1 is 1.39 bits per heavy atom. The minimum absolute atomic E-state index is 0.433. The maximum atomic E-state index is 4.31. The lowest BCUT2D eigenvalue weighted by Crippen LogP contribution is -2.23. The van der Waals surface area contributed by atoms with E-state index in [1.807, 2.05) is 13.1 Å². The Balaban J connectivity index is 2.57. The van der Waals surface area contributed by atoms with Crippen LogP contribution in [0.15, 0.2) is 12.4 Å². The molecule has 1 rings (SSSR count). The van der Waals surface area contributed by atoms with Crippen molar-refractivity contribution in [2.24, 2.45) is 0 Å². The standard InChI is InChI=1S/C13H25N5/c1-5-11(2)17-12-9-13(16-10-15-12)18(4)8-6-7-14-3/h9-11,14H,5-8H2,1-4H3,(H,15,16,17). The highest BCUT2D eigenvalue weighted by atomic mass is 15.2. The topological polar surface area (TPSA) is 53.1 Å². The number of hydrogen-bond donors (Lipinski definition) is 2. The molecule has 0 aromatic carbocycles. The number of nitrogens with one attached hydrogen (secondary N) is 2. The Morgan fingerprint density at radius 2 is 2.17 bits per heavy atom. The SMILES string of the molecule is CCC(C)Nc1cc(N(C)CCCNC)ncn1. The monoisotopic (exact) mass is 251 g/mol. The van der Waals surface area contributed by atoms with E-state index in [0.717, 1.165) is 37.6 Å². The molecule has 0 saturated heterocycles. The molecule has 18 heavy (non-hydrogen) atoms. The first-order valence-electron chi connectivity index (χ1n) is 6.61. The van der Waals surface area contributed by atoms with Crippen LogP contribution >= 0.6 is 0 Å². The van der Waals surface area contributed by atoms with E-state index < -0.39 is 0 Å². The molecule has 0 aliphatic heterocycles. The second-order valence-electron chi connectivity index (χ2n) is 4.59. The fourth-order valence-corrected chi connectivity index (χ4v) is 1.60. The molecule has 0 spiro atoms. The van der Waals surface area contributed by atoms with Gasteiger partial charge < -0.3 is 15.5 Å². The fraction of sp³-hybridized carbons (Fsp3) is 0.692. The highest BCUT2D eigenvalue weighted by molar-refractivity contribution is 5.48. The molecule has 5 heteroatoms. The maximum absolute atomic E-state index is 4.31. The fourth-order valence-electron chi connectivity index (χ4n) is 1.60. The molecule has 0 fully saturated rings. The number of aromatic nitrogens is 2. The third kappa shape index (κ3) is 4.87. The van der Waals surface area contributed by atoms with Crippen LogP contribution in [0.5, 0.6) is 0 Å². The molecule has 0 saturated carbocycles. The first-order valence-corrected chi connectivity index (χ1v) is 6.61. The zero-order chi connectivity index (χ0) is 13.4. The molecule has 2 N–H and O–H groups in total. The first kappa shape index (κ1) is 14.7. The smallest absolute Gasteiger partial charge is 0.133 e. The van der Waals surface area contributed by atoms with E-state index in [4.69, 9.17) is 0 Å². The van der Waals surface area contributed by atoms with Gasteiger partial charge in [-0.15, -0.1) is 0 Å². The summed E-state index contributed by atoms with van der Waals surface area (Å²) in [4.78, 5) is 10.7. The average molecular weight is 251 g/mol. The van der Waals surface area contributed by atoms with E-state index in [1.54, 1.807) is 6.33 Å². The van der Waals surface area contributed by atoms with E-state index in [0.29, 0.717) is 6.04 Å². The Kier molecular flexibility index (Phi) is 6.43. The van der Waals surface area contributed by atoms with Crippen molar-refractivity contribution in [1.29, 1.82) is 0 Å². The van der Waals surface area contributed by atoms with E-state index in [2.05, 4.69) is 46.4 Å². The van der Waals surface area contributed by atoms with Crippen LogP contribution in [0.4, 0.5) is 11.6 Å². The van der Waals surface area contributed by atoms with Gasteiger partial charge in [0.15, 0.2) is 0 Å². The predicted molar refractivity (Wildman–Crippen MR) is 77.2 cm³/mol. The number of nitrogens with zero attached hydrogens (tertiary/aromatic N) is 3. The molecule has 102 valence electrons. The molecule has 1 unspecified atom stereocenters. The van der Waals surface area contributed by atoms with Gasteiger partial charge in [-0.3, -0.25) is 0 Å². The van der Waals surface area contributed by atoms with Crippen molar-refractivity contribution in [3.63, 3.8) is 0 Å². The molecule has 0 radical (unpaired) electrons. The van der Waals surface area contributed by atoms with Crippen molar-refractivity contribution in [2.75, 3.05) is 37.4 Å². The second-order valence-corrected chi connectivity index (χ2v) is 4.59. The maximum Gasteiger partial charge on any atom is 0.133 e. The van der Waals surface area contributed by atoms with Crippen molar-refractivity contribution in [1.82, 2.24) is 15.3 Å². The van der Waals surface area contributed by atoms with Crippen LogP contribution in [0.3, 0.4) is 0 Å². The Hall–Kier alpha value is -1.36. The van der Waals surface area contributed by atoms with Gasteiger partial charge in [0.2, 0.25) is 0 Å². The van der Waals surface area contributed by atoms with Crippen LogP contribution < -0.4 is 15.5 Å². The molecule has 1 atom stereocenters. The Labute approximate surface area is 110 Å². The van der Waals surface area contributed by atoms with Crippen LogP contribution in [0, 0.1) is 0 Å². The quantitative estimate of drug-likeness (QED) is 0.689. The van der Waals surface area contributed by atoms with Crippen molar-refractivity contribution in [3.8, 4) is 0 Å². The summed E-state index contributed by atoms with van der Waals surface area (Å²) < 4.78 is 0. The molecule has 0 aliphatic carbocycles. The number of rotatable bonds is 8. The van der Waals surface area contributed by atoms with Crippen molar-refractivity contribution < 1.29 is 0 Å². The molecule has 0 bridgehead atoms. The van der Waals surface area contributed by atoms with Gasteiger partial charge in [-0.2, -0.15) is 0 Å². The number of anilines is 2. The zero-order valence-corrected chi connectivity index (χ0v) is 11.9. The predicted octanol–water partition coefficient (Wildman–Crippen LogP) is 1.73. The first-order chi connectivity index (χ1) is 8.67. The minimum Gasteiger partial charge on any atom is -0.367 e. The summed E-state index contributed by atoms with van der Waals surface area (Å²) in [7, 11) is 4.03. The number of hydrogen-bond acceptors (Lipinski definition) is 5. The van der Waals surface area contributed by atoms with Crippen LogP contribution in [0.2, 0.25) is 0 Å². The van der Waals surface area contributed by atoms with Crippen molar-refractivity contribution >= 4 is 11.6 Å². The molecule has 1 aromatic heterocycles. The average Bonchev–Trinajstić information content (AvgIpc) is 2.39. The highest BCUT2D eigenvalue weighted by Gasteiger charge is 2.05. The summed E-state index contributed by atoms with van der Waals surface area (Å²) in [6.45, 7) is 6.32. The lowest BCUT2D eigenvalue weighted by Gasteiger charge is -2.19. The molecule has 0 aliphatic rings. The highest BCUT2D eigenvalue weighted by Crippen LogP contribution is 2.14. The van der Waals surface area contributed by atoms with Crippen LogP contribution in [-0.2, 0) is 0 Å². The van der Waals surface area contributed by atoms with E-state index >= 15 is 0 Å². The summed E-state index contributed by atoms with van der Waals surface area (Å²) in [6.07, 6.45) is 3.80. The molecule has 5 nitrogen and oxygen atoms in total. The van der Waals surface area contributed by atoms with Crippen LogP contribution in [0.1, 0.15) is 26.7 Å². The van der Waals surface area contributed by atoms with Gasteiger partial charge >= 0.3 is 0 Å². The largest absolute Gasteiger partial charge is 0.367 e. The van der Waals surface area contributed by atoms with Crippen LogP contribution in [0.25, 0.3) is 0 Å². The van der Waals surface area contributed by atoms with Gasteiger partial charge in [0.1, 0.15) is 18.0 Å². The third-order valence-corrected chi connectivity index (χ3v) is 2.97. The molecular weight excluding hydrogens is 226 g/mol. The summed E-state index contributed by atoms with van der Waals surface area (Å²) in [5.74, 6) is 1.86. The normalized spacial score (nSPS) is 12.2. The van der Waals surface area contributed by atoms with E-state index in [1.165, 1.54) is 0 Å². The van der Waals surface area contributed by atoms with E-state index in [9.17, 15) is 0 Å². The van der Waals surface area contributed by atoms with Crippen molar-refractivity contribution in [2.45, 2.75) is 32.7 Å². The summed E-state index contributed by atoms with van der Waals surface area (Å²) in [5.41, 5.74) is 0. The van der Waals surface area contributed by atoms with Gasteiger partial charge in [-0.05, 0) is 33.4 Å². The second kappa shape index (κ2) is 7.87. The Bertz CT molecular complexity index is 342. The summed E-state index contributed by atoms with van der Waals surface area (Å²) in [5, 5.41) is 6.51. The lowest BCUT2D eigenvalue weighted by atomic mass is 10.2. The molecule has 1 aromatic rings. The van der Waals surface area contributed by atoms with Gasteiger partial charge in [0.25, 0.3) is 0 Å². The summed E-state index contributed by atoms with van der Waals surface area (Å²) >= 11 is 0. The van der Waals surface area contributed by atoms with E-state index in [-0.39, 0.29) is 0 Å². The van der Waals surface area contributed by atoms with Gasteiger partial charge in [0.05, 0.1) is 0 Å². The van der Waals surface area contributed by atoms with Gasteiger partial charge in [-0.1, -0.05) is 6.92 Å². The van der Waals surface area contributed by atoms with Gasteiger partial charge in [0, 0.05) is 25.7 Å². The van der Waals surface area contributed by atoms with Crippen LogP contribution in [-0.4, -0.2) is 43.2 Å². The molecule has 0 amide bonds. The zero-order valence-electron chi connectivity index (χ0n) is 11.9. The van der Waals surface area contributed by atoms with Crippen molar-refractivity contribution in [3.05, 3.63) is 12.4 Å². The Morgan fingerprint density at radius 3 is 2.83 bits per heavy atom. The summed E-state index contributed by atoms with van der Waals surface area (Å²) in [6, 6.07) is 2.44. The molecular formula is C13H25N5. The third-order valence-electron chi connectivity index (χ3n) is 2.97. The molecule has 1 heterocycles. The van der Waals surface area contributed by atoms with Gasteiger partial charge in [-0.25, -0.2) is 9.97 Å².